The average Bonchev–Trinajstić information content (AvgIpc) is 2.98. The standard InChI is InChI=1S/C14H18N2O2.ClH/c1-14(5-6-15-9-14)13(17)16-11-2-3-12-10(8-11)4-7-18-12;/h2-3,8,15H,4-7,9H2,1H3,(H,16,17);1H. The van der Waals surface area contributed by atoms with Crippen molar-refractivity contribution in [1.29, 1.82) is 0 Å². The Bertz CT molecular complexity index is 484. The maximum Gasteiger partial charge on any atom is 0.231 e. The minimum Gasteiger partial charge on any atom is -0.493 e. The Kier molecular flexibility index (Phi) is 4.02. The van der Waals surface area contributed by atoms with E-state index in [9.17, 15) is 4.79 Å². The summed E-state index contributed by atoms with van der Waals surface area (Å²) in [6.45, 7) is 4.43. The van der Waals surface area contributed by atoms with Gasteiger partial charge in [0.15, 0.2) is 0 Å². The van der Waals surface area contributed by atoms with Crippen molar-refractivity contribution in [1.82, 2.24) is 5.32 Å². The van der Waals surface area contributed by atoms with E-state index in [0.717, 1.165) is 44.0 Å². The third-order valence-corrected chi connectivity index (χ3v) is 3.86. The molecule has 2 heterocycles. The quantitative estimate of drug-likeness (QED) is 0.872. The Morgan fingerprint density at radius 3 is 3.05 bits per heavy atom. The monoisotopic (exact) mass is 282 g/mol. The Morgan fingerprint density at radius 2 is 2.32 bits per heavy atom. The zero-order valence-electron chi connectivity index (χ0n) is 11.0. The van der Waals surface area contributed by atoms with Crippen LogP contribution in [-0.2, 0) is 11.2 Å². The molecule has 2 aliphatic rings. The highest BCUT2D eigenvalue weighted by Gasteiger charge is 2.36. The Morgan fingerprint density at radius 1 is 1.47 bits per heavy atom. The SMILES string of the molecule is CC1(C(=O)Nc2ccc3c(c2)CCO3)CCNC1.Cl. The van der Waals surface area contributed by atoms with E-state index in [1.165, 1.54) is 5.56 Å². The second-order valence-electron chi connectivity index (χ2n) is 5.36. The van der Waals surface area contributed by atoms with Crippen molar-refractivity contribution in [3.05, 3.63) is 23.8 Å². The van der Waals surface area contributed by atoms with E-state index in [0.29, 0.717) is 0 Å². The number of hydrogen-bond donors (Lipinski definition) is 2. The summed E-state index contributed by atoms with van der Waals surface area (Å²) in [7, 11) is 0. The van der Waals surface area contributed by atoms with Crippen LogP contribution in [0, 0.1) is 5.41 Å². The van der Waals surface area contributed by atoms with Crippen molar-refractivity contribution >= 4 is 24.0 Å². The molecule has 4 nitrogen and oxygen atoms in total. The van der Waals surface area contributed by atoms with Gasteiger partial charge in [0, 0.05) is 18.7 Å². The normalized spacial score (nSPS) is 24.3. The highest BCUT2D eigenvalue weighted by Crippen LogP contribution is 2.30. The number of carbonyl (C=O) groups is 1. The van der Waals surface area contributed by atoms with Crippen LogP contribution in [0.2, 0.25) is 0 Å². The highest BCUT2D eigenvalue weighted by atomic mass is 35.5. The number of ether oxygens (including phenoxy) is 1. The minimum absolute atomic E-state index is 0. The van der Waals surface area contributed by atoms with Gasteiger partial charge in [-0.25, -0.2) is 0 Å². The van der Waals surface area contributed by atoms with Gasteiger partial charge >= 0.3 is 0 Å². The van der Waals surface area contributed by atoms with Crippen LogP contribution < -0.4 is 15.4 Å². The molecule has 2 aliphatic heterocycles. The molecule has 19 heavy (non-hydrogen) atoms. The Balaban J connectivity index is 0.00000133. The third kappa shape index (κ3) is 2.69. The first-order chi connectivity index (χ1) is 8.67. The molecular weight excluding hydrogens is 264 g/mol. The predicted molar refractivity (Wildman–Crippen MR) is 77.1 cm³/mol. The van der Waals surface area contributed by atoms with E-state index >= 15 is 0 Å². The second-order valence-corrected chi connectivity index (χ2v) is 5.36. The van der Waals surface area contributed by atoms with E-state index in [2.05, 4.69) is 10.6 Å². The molecule has 5 heteroatoms. The van der Waals surface area contributed by atoms with Crippen molar-refractivity contribution in [3.8, 4) is 5.75 Å². The number of nitrogens with one attached hydrogen (secondary N) is 2. The first-order valence-corrected chi connectivity index (χ1v) is 6.45. The summed E-state index contributed by atoms with van der Waals surface area (Å²) in [5.74, 6) is 1.05. The van der Waals surface area contributed by atoms with Crippen LogP contribution in [0.15, 0.2) is 18.2 Å². The summed E-state index contributed by atoms with van der Waals surface area (Å²) in [6, 6.07) is 5.87. The number of anilines is 1. The number of benzene rings is 1. The van der Waals surface area contributed by atoms with Gasteiger partial charge in [-0.05, 0) is 43.7 Å². The van der Waals surface area contributed by atoms with Crippen LogP contribution in [-0.4, -0.2) is 25.6 Å². The molecular formula is C14H19ClN2O2. The number of hydrogen-bond acceptors (Lipinski definition) is 3. The molecule has 0 saturated carbocycles. The number of carbonyl (C=O) groups excluding carboxylic acids is 1. The van der Waals surface area contributed by atoms with Gasteiger partial charge in [-0.15, -0.1) is 12.4 Å². The first kappa shape index (κ1) is 14.2. The third-order valence-electron chi connectivity index (χ3n) is 3.86. The van der Waals surface area contributed by atoms with Gasteiger partial charge in [-0.3, -0.25) is 4.79 Å². The molecule has 1 atom stereocenters. The molecule has 1 fully saturated rings. The Hall–Kier alpha value is -1.26. The fourth-order valence-corrected chi connectivity index (χ4v) is 2.56. The fourth-order valence-electron chi connectivity index (χ4n) is 2.56. The molecule has 0 aromatic heterocycles. The molecule has 1 aromatic rings. The molecule has 104 valence electrons. The predicted octanol–water partition coefficient (Wildman–Crippen LogP) is 1.98. The number of rotatable bonds is 2. The summed E-state index contributed by atoms with van der Waals surface area (Å²) in [5, 5.41) is 6.26. The van der Waals surface area contributed by atoms with Gasteiger partial charge < -0.3 is 15.4 Å². The molecule has 3 rings (SSSR count). The lowest BCUT2D eigenvalue weighted by molar-refractivity contribution is -0.123. The van der Waals surface area contributed by atoms with Crippen LogP contribution in [0.5, 0.6) is 5.75 Å². The molecule has 1 unspecified atom stereocenters. The van der Waals surface area contributed by atoms with Crippen molar-refractivity contribution in [3.63, 3.8) is 0 Å². The number of fused-ring (bicyclic) bond motifs is 1. The van der Waals surface area contributed by atoms with E-state index < -0.39 is 0 Å². The second kappa shape index (κ2) is 5.39. The van der Waals surface area contributed by atoms with Crippen LogP contribution in [0.3, 0.4) is 0 Å². The van der Waals surface area contributed by atoms with Crippen LogP contribution >= 0.6 is 12.4 Å². The smallest absolute Gasteiger partial charge is 0.231 e. The number of halogens is 1. The Labute approximate surface area is 119 Å². The fraction of sp³-hybridized carbons (Fsp3) is 0.500. The minimum atomic E-state index is -0.282. The highest BCUT2D eigenvalue weighted by molar-refractivity contribution is 5.95. The van der Waals surface area contributed by atoms with Crippen LogP contribution in [0.1, 0.15) is 18.9 Å². The van der Waals surface area contributed by atoms with Gasteiger partial charge in [-0.2, -0.15) is 0 Å². The largest absolute Gasteiger partial charge is 0.493 e. The van der Waals surface area contributed by atoms with E-state index in [1.54, 1.807) is 0 Å². The van der Waals surface area contributed by atoms with E-state index in [1.807, 2.05) is 25.1 Å². The topological polar surface area (TPSA) is 50.4 Å². The van der Waals surface area contributed by atoms with Gasteiger partial charge in [0.2, 0.25) is 5.91 Å². The summed E-state index contributed by atoms with van der Waals surface area (Å²) in [5.41, 5.74) is 1.77. The number of amides is 1. The summed E-state index contributed by atoms with van der Waals surface area (Å²) in [4.78, 5) is 12.3. The van der Waals surface area contributed by atoms with E-state index in [-0.39, 0.29) is 23.7 Å². The lowest BCUT2D eigenvalue weighted by Gasteiger charge is -2.21. The van der Waals surface area contributed by atoms with Gasteiger partial charge in [0.25, 0.3) is 0 Å². The van der Waals surface area contributed by atoms with E-state index in [4.69, 9.17) is 4.74 Å². The average molecular weight is 283 g/mol. The zero-order valence-corrected chi connectivity index (χ0v) is 11.8. The molecule has 0 spiro atoms. The molecule has 1 aromatic carbocycles. The van der Waals surface area contributed by atoms with Crippen molar-refractivity contribution < 1.29 is 9.53 Å². The van der Waals surface area contributed by atoms with Crippen molar-refractivity contribution in [2.45, 2.75) is 19.8 Å². The molecule has 0 radical (unpaired) electrons. The maximum atomic E-state index is 12.3. The maximum absolute atomic E-state index is 12.3. The lowest BCUT2D eigenvalue weighted by atomic mass is 9.88. The zero-order chi connectivity index (χ0) is 12.6. The lowest BCUT2D eigenvalue weighted by Crippen LogP contribution is -2.35. The molecule has 0 aliphatic carbocycles. The molecule has 0 bridgehead atoms. The van der Waals surface area contributed by atoms with Crippen LogP contribution in [0.4, 0.5) is 5.69 Å². The summed E-state index contributed by atoms with van der Waals surface area (Å²) >= 11 is 0. The molecule has 1 saturated heterocycles. The van der Waals surface area contributed by atoms with Crippen molar-refractivity contribution in [2.24, 2.45) is 5.41 Å². The molecule has 1 amide bonds. The summed E-state index contributed by atoms with van der Waals surface area (Å²) < 4.78 is 5.46. The van der Waals surface area contributed by atoms with Gasteiger partial charge in [0.05, 0.1) is 12.0 Å². The van der Waals surface area contributed by atoms with Crippen LogP contribution in [0.25, 0.3) is 0 Å². The van der Waals surface area contributed by atoms with Gasteiger partial charge in [-0.1, -0.05) is 0 Å². The first-order valence-electron chi connectivity index (χ1n) is 6.45. The van der Waals surface area contributed by atoms with Gasteiger partial charge in [0.1, 0.15) is 5.75 Å². The molecule has 2 N–H and O–H groups in total. The van der Waals surface area contributed by atoms with Crippen molar-refractivity contribution in [2.75, 3.05) is 25.0 Å². The summed E-state index contributed by atoms with van der Waals surface area (Å²) in [6.07, 6.45) is 1.82.